The van der Waals surface area contributed by atoms with Gasteiger partial charge in [0.1, 0.15) is 5.75 Å². The Labute approximate surface area is 212 Å². The summed E-state index contributed by atoms with van der Waals surface area (Å²) in [6.07, 6.45) is 3.68. The van der Waals surface area contributed by atoms with Gasteiger partial charge in [-0.25, -0.2) is 0 Å². The van der Waals surface area contributed by atoms with Gasteiger partial charge < -0.3 is 14.9 Å². The molecule has 0 atom stereocenters. The van der Waals surface area contributed by atoms with Crippen LogP contribution < -0.4 is 4.74 Å². The van der Waals surface area contributed by atoms with Gasteiger partial charge in [0.15, 0.2) is 11.5 Å². The molecule has 35 heavy (non-hydrogen) atoms. The summed E-state index contributed by atoms with van der Waals surface area (Å²) in [4.78, 5) is 4.84. The third-order valence-electron chi connectivity index (χ3n) is 6.75. The molecule has 2 aromatic carbocycles. The topological polar surface area (TPSA) is 56.2 Å². The smallest absolute Gasteiger partial charge is 0.162 e. The van der Waals surface area contributed by atoms with Crippen molar-refractivity contribution >= 4 is 0 Å². The fraction of sp³-hybridized carbons (Fsp3) is 0.533. The number of hydrogen-bond acceptors (Lipinski definition) is 5. The lowest BCUT2D eigenvalue weighted by Crippen LogP contribution is -2.43. The van der Waals surface area contributed by atoms with Crippen molar-refractivity contribution in [1.29, 1.82) is 0 Å². The lowest BCUT2D eigenvalue weighted by molar-refractivity contribution is 0.0738. The Kier molecular flexibility index (Phi) is 8.23. The predicted molar refractivity (Wildman–Crippen MR) is 144 cm³/mol. The maximum Gasteiger partial charge on any atom is 0.162 e. The van der Waals surface area contributed by atoms with E-state index in [2.05, 4.69) is 76.1 Å². The maximum atomic E-state index is 11.1. The molecule has 1 aliphatic rings. The lowest BCUT2D eigenvalue weighted by Gasteiger charge is -2.36. The standard InChI is InChI=1S/C30H44N2O3/c1-9-11-21-14-23(27(33)26(17-21)35-8)19-32-13-10-12-31(20-32)18-22-15-24(29(2,3)4)28(34)25(16-22)30(5,6)7/h9,14-17,33-34H,1,10-13,18-20H2,2-8H3. The van der Waals surface area contributed by atoms with Gasteiger partial charge in [-0.3, -0.25) is 9.80 Å². The number of benzene rings is 2. The molecule has 0 radical (unpaired) electrons. The molecule has 0 amide bonds. The van der Waals surface area contributed by atoms with Gasteiger partial charge in [-0.15, -0.1) is 6.58 Å². The first-order valence-electron chi connectivity index (χ1n) is 12.6. The number of ether oxygens (including phenoxy) is 1. The summed E-state index contributed by atoms with van der Waals surface area (Å²) in [6, 6.07) is 8.30. The van der Waals surface area contributed by atoms with Gasteiger partial charge in [-0.05, 0) is 52.0 Å². The summed E-state index contributed by atoms with van der Waals surface area (Å²) < 4.78 is 5.42. The second-order valence-corrected chi connectivity index (χ2v) is 11.9. The van der Waals surface area contributed by atoms with Gasteiger partial charge in [0, 0.05) is 31.7 Å². The van der Waals surface area contributed by atoms with Crippen molar-refractivity contribution < 1.29 is 14.9 Å². The third kappa shape index (κ3) is 6.59. The van der Waals surface area contributed by atoms with Gasteiger partial charge >= 0.3 is 0 Å². The van der Waals surface area contributed by atoms with Crippen molar-refractivity contribution in [3.8, 4) is 17.2 Å². The van der Waals surface area contributed by atoms with E-state index in [4.69, 9.17) is 4.74 Å². The molecule has 1 fully saturated rings. The van der Waals surface area contributed by atoms with E-state index >= 15 is 0 Å². The van der Waals surface area contributed by atoms with Gasteiger partial charge in [0.05, 0.1) is 13.8 Å². The summed E-state index contributed by atoms with van der Waals surface area (Å²) in [7, 11) is 1.59. The van der Waals surface area contributed by atoms with E-state index in [1.54, 1.807) is 7.11 Å². The molecule has 0 aliphatic carbocycles. The third-order valence-corrected chi connectivity index (χ3v) is 6.75. The molecule has 1 saturated heterocycles. The zero-order valence-corrected chi connectivity index (χ0v) is 22.7. The van der Waals surface area contributed by atoms with Crippen LogP contribution in [0.25, 0.3) is 0 Å². The van der Waals surface area contributed by atoms with Crippen LogP contribution in [0.3, 0.4) is 0 Å². The summed E-state index contributed by atoms with van der Waals surface area (Å²) >= 11 is 0. The fourth-order valence-corrected chi connectivity index (χ4v) is 4.92. The molecule has 0 bridgehead atoms. The Bertz CT molecular complexity index is 1010. The number of phenolic OH excluding ortho intramolecular Hbond substituents is 2. The monoisotopic (exact) mass is 480 g/mol. The molecular formula is C30H44N2O3. The Morgan fingerprint density at radius 1 is 0.857 bits per heavy atom. The Morgan fingerprint density at radius 3 is 1.94 bits per heavy atom. The zero-order valence-electron chi connectivity index (χ0n) is 22.7. The van der Waals surface area contributed by atoms with Gasteiger partial charge in [-0.2, -0.15) is 0 Å². The number of nitrogens with zero attached hydrogens (tertiary/aromatic N) is 2. The van der Waals surface area contributed by atoms with Crippen molar-refractivity contribution in [2.45, 2.75) is 78.3 Å². The highest BCUT2D eigenvalue weighted by Gasteiger charge is 2.27. The van der Waals surface area contributed by atoms with Crippen LogP contribution >= 0.6 is 0 Å². The molecule has 1 heterocycles. The van der Waals surface area contributed by atoms with E-state index in [0.717, 1.165) is 61.4 Å². The first kappa shape index (κ1) is 27.1. The maximum absolute atomic E-state index is 11.1. The average molecular weight is 481 g/mol. The molecule has 5 nitrogen and oxygen atoms in total. The number of rotatable bonds is 7. The zero-order chi connectivity index (χ0) is 26.0. The molecule has 0 unspecified atom stereocenters. The lowest BCUT2D eigenvalue weighted by atomic mass is 9.78. The van der Waals surface area contributed by atoms with Crippen molar-refractivity contribution in [1.82, 2.24) is 9.80 Å². The summed E-state index contributed by atoms with van der Waals surface area (Å²) in [5.41, 5.74) is 4.94. The van der Waals surface area contributed by atoms with Crippen LogP contribution in [0.2, 0.25) is 0 Å². The van der Waals surface area contributed by atoms with Crippen molar-refractivity contribution in [2.75, 3.05) is 26.9 Å². The number of aromatic hydroxyl groups is 2. The highest BCUT2D eigenvalue weighted by molar-refractivity contribution is 5.50. The second kappa shape index (κ2) is 10.6. The first-order valence-corrected chi connectivity index (χ1v) is 12.6. The van der Waals surface area contributed by atoms with Crippen LogP contribution in [0.15, 0.2) is 36.9 Å². The molecule has 2 N–H and O–H groups in total. The van der Waals surface area contributed by atoms with Crippen molar-refractivity contribution in [3.05, 3.63) is 64.7 Å². The van der Waals surface area contributed by atoms with E-state index in [1.807, 2.05) is 12.1 Å². The minimum absolute atomic E-state index is 0.138. The van der Waals surface area contributed by atoms with E-state index in [9.17, 15) is 10.2 Å². The minimum atomic E-state index is -0.138. The number of hydrogen-bond donors (Lipinski definition) is 2. The minimum Gasteiger partial charge on any atom is -0.507 e. The molecule has 0 saturated carbocycles. The summed E-state index contributed by atoms with van der Waals surface area (Å²) in [6.45, 7) is 21.1. The Morgan fingerprint density at radius 2 is 1.43 bits per heavy atom. The van der Waals surface area contributed by atoms with E-state index in [-0.39, 0.29) is 16.6 Å². The van der Waals surface area contributed by atoms with E-state index in [1.165, 1.54) is 5.56 Å². The Hall–Kier alpha value is -2.50. The molecule has 2 aromatic rings. The van der Waals surface area contributed by atoms with Crippen LogP contribution in [-0.2, 0) is 30.3 Å². The van der Waals surface area contributed by atoms with Crippen LogP contribution in [0.4, 0.5) is 0 Å². The van der Waals surface area contributed by atoms with Crippen molar-refractivity contribution in [2.24, 2.45) is 0 Å². The SMILES string of the molecule is C=CCc1cc(CN2CCCN(Cc3cc(C(C)(C)C)c(O)c(C(C)(C)C)c3)C2)c(O)c(OC)c1. The fourth-order valence-electron chi connectivity index (χ4n) is 4.92. The molecule has 0 aromatic heterocycles. The highest BCUT2D eigenvalue weighted by Crippen LogP contribution is 2.40. The van der Waals surface area contributed by atoms with Crippen LogP contribution in [0.5, 0.6) is 17.2 Å². The molecule has 1 aliphatic heterocycles. The van der Waals surface area contributed by atoms with E-state index < -0.39 is 0 Å². The predicted octanol–water partition coefficient (Wildman–Crippen LogP) is 6.10. The van der Waals surface area contributed by atoms with Crippen LogP contribution in [-0.4, -0.2) is 46.9 Å². The molecule has 0 spiro atoms. The van der Waals surface area contributed by atoms with Gasteiger partial charge in [-0.1, -0.05) is 65.8 Å². The normalized spacial score (nSPS) is 15.9. The molecule has 192 valence electrons. The summed E-state index contributed by atoms with van der Waals surface area (Å²) in [5.74, 6) is 1.17. The quantitative estimate of drug-likeness (QED) is 0.469. The van der Waals surface area contributed by atoms with Crippen LogP contribution in [0.1, 0.15) is 75.8 Å². The van der Waals surface area contributed by atoms with Gasteiger partial charge in [0.2, 0.25) is 0 Å². The number of allylic oxidation sites excluding steroid dienone is 1. The van der Waals surface area contributed by atoms with E-state index in [0.29, 0.717) is 18.0 Å². The Balaban J connectivity index is 1.82. The number of methoxy groups -OCH3 is 1. The van der Waals surface area contributed by atoms with Gasteiger partial charge in [0.25, 0.3) is 0 Å². The number of phenols is 2. The largest absolute Gasteiger partial charge is 0.507 e. The molecule has 5 heteroatoms. The second-order valence-electron chi connectivity index (χ2n) is 11.9. The molecular weight excluding hydrogens is 436 g/mol. The highest BCUT2D eigenvalue weighted by atomic mass is 16.5. The van der Waals surface area contributed by atoms with Crippen molar-refractivity contribution in [3.63, 3.8) is 0 Å². The summed E-state index contributed by atoms with van der Waals surface area (Å²) in [5, 5.41) is 21.8. The first-order chi connectivity index (χ1) is 16.3. The molecule has 3 rings (SSSR count). The van der Waals surface area contributed by atoms with Crippen LogP contribution in [0, 0.1) is 0 Å². The average Bonchev–Trinajstić information content (AvgIpc) is 2.76.